The molecule has 0 aliphatic carbocycles. The summed E-state index contributed by atoms with van der Waals surface area (Å²) in [4.78, 5) is -1.01. The van der Waals surface area contributed by atoms with Crippen LogP contribution in [0.15, 0.2) is 28.0 Å². The van der Waals surface area contributed by atoms with Crippen molar-refractivity contribution < 1.29 is 25.9 Å². The quantitative estimate of drug-likeness (QED) is 0.384. The fourth-order valence-corrected chi connectivity index (χ4v) is 7.79. The van der Waals surface area contributed by atoms with Gasteiger partial charge < -0.3 is 5.32 Å². The minimum Gasteiger partial charge on any atom is -0.314 e. The second-order valence-corrected chi connectivity index (χ2v) is 13.1. The van der Waals surface area contributed by atoms with Crippen LogP contribution in [0.2, 0.25) is 0 Å². The molecule has 2 aromatic rings. The normalized spacial score (nSPS) is 21.0. The lowest BCUT2D eigenvalue weighted by Crippen LogP contribution is -2.51. The molecule has 30 heavy (non-hydrogen) atoms. The summed E-state index contributed by atoms with van der Waals surface area (Å²) in [7, 11) is -11.3. The zero-order valence-electron chi connectivity index (χ0n) is 15.5. The van der Waals surface area contributed by atoms with Gasteiger partial charge in [0.15, 0.2) is 9.84 Å². The SMILES string of the molecule is NS(=O)(=O)c1c(S(=O)(=O)C2CNC2)ccc(C2=CCS(O)(O)CC2)c1-c1nn[nH]n1. The highest BCUT2D eigenvalue weighted by atomic mass is 32.3. The van der Waals surface area contributed by atoms with E-state index < -0.39 is 45.5 Å². The number of benzene rings is 1. The molecule has 2 aliphatic rings. The fourth-order valence-electron chi connectivity index (χ4n) is 3.43. The molecule has 15 heteroatoms. The highest BCUT2D eigenvalue weighted by Crippen LogP contribution is 2.47. The van der Waals surface area contributed by atoms with E-state index in [2.05, 4.69) is 25.9 Å². The van der Waals surface area contributed by atoms with Crippen molar-refractivity contribution in [2.45, 2.75) is 21.5 Å². The first-order valence-corrected chi connectivity index (χ1v) is 13.8. The molecule has 0 unspecified atom stereocenters. The first kappa shape index (κ1) is 21.4. The number of nitrogens with two attached hydrogens (primary N) is 1. The van der Waals surface area contributed by atoms with E-state index in [0.717, 1.165) is 0 Å². The monoisotopic (exact) mass is 476 g/mol. The number of sulfone groups is 1. The largest absolute Gasteiger partial charge is 0.314 e. The van der Waals surface area contributed by atoms with Crippen LogP contribution in [0, 0.1) is 0 Å². The van der Waals surface area contributed by atoms with Gasteiger partial charge in [-0.3, -0.25) is 9.11 Å². The maximum Gasteiger partial charge on any atom is 0.240 e. The van der Waals surface area contributed by atoms with Crippen LogP contribution in [-0.4, -0.2) is 76.4 Å². The second kappa shape index (κ2) is 7.37. The van der Waals surface area contributed by atoms with Gasteiger partial charge >= 0.3 is 0 Å². The topological polar surface area (TPSA) is 201 Å². The van der Waals surface area contributed by atoms with Crippen LogP contribution in [0.5, 0.6) is 0 Å². The van der Waals surface area contributed by atoms with Crippen molar-refractivity contribution in [1.29, 1.82) is 0 Å². The fraction of sp³-hybridized carbons (Fsp3) is 0.400. The van der Waals surface area contributed by atoms with E-state index in [1.54, 1.807) is 6.08 Å². The molecule has 3 heterocycles. The van der Waals surface area contributed by atoms with Crippen molar-refractivity contribution in [1.82, 2.24) is 25.9 Å². The van der Waals surface area contributed by atoms with Crippen molar-refractivity contribution >= 4 is 36.0 Å². The highest BCUT2D eigenvalue weighted by Gasteiger charge is 2.39. The van der Waals surface area contributed by atoms with Crippen molar-refractivity contribution in [3.63, 3.8) is 0 Å². The third kappa shape index (κ3) is 3.77. The van der Waals surface area contributed by atoms with Gasteiger partial charge in [0, 0.05) is 18.8 Å². The van der Waals surface area contributed by atoms with Crippen LogP contribution < -0.4 is 10.5 Å². The number of primary sulfonamides is 1. The average molecular weight is 477 g/mol. The first-order chi connectivity index (χ1) is 14.0. The lowest BCUT2D eigenvalue weighted by molar-refractivity contribution is 0.489. The summed E-state index contributed by atoms with van der Waals surface area (Å²) in [6, 6.07) is 2.70. The highest BCUT2D eigenvalue weighted by molar-refractivity contribution is 8.24. The number of hydrogen-bond acceptors (Lipinski definition) is 10. The Kier molecular flexibility index (Phi) is 5.24. The van der Waals surface area contributed by atoms with Gasteiger partial charge in [-0.2, -0.15) is 15.8 Å². The van der Waals surface area contributed by atoms with Gasteiger partial charge in [0.05, 0.1) is 21.5 Å². The summed E-state index contributed by atoms with van der Waals surface area (Å²) >= 11 is 0. The predicted molar refractivity (Wildman–Crippen MR) is 110 cm³/mol. The van der Waals surface area contributed by atoms with E-state index in [4.69, 9.17) is 5.14 Å². The van der Waals surface area contributed by atoms with Gasteiger partial charge in [-0.05, 0) is 28.8 Å². The van der Waals surface area contributed by atoms with Crippen LogP contribution in [0.25, 0.3) is 17.0 Å². The number of nitrogens with one attached hydrogen (secondary N) is 2. The number of hydrogen-bond donors (Lipinski definition) is 5. The Labute approximate surface area is 174 Å². The third-order valence-electron chi connectivity index (χ3n) is 5.11. The standard InChI is InChI=1S/C15H20N6O6S3/c16-30(26,27)14-12(29(24,25)10-7-17-8-10)2-1-11(13(14)15-18-20-21-19-15)9-3-5-28(22,23)6-4-9/h1-3,10,17,22-23H,4-8H2,(H2,16,26,27)(H,18,19,20,21). The molecule has 0 saturated carbocycles. The molecule has 0 bridgehead atoms. The molecule has 12 nitrogen and oxygen atoms in total. The lowest BCUT2D eigenvalue weighted by atomic mass is 9.97. The van der Waals surface area contributed by atoms with Crippen molar-refractivity contribution in [3.05, 3.63) is 23.8 Å². The molecule has 2 aliphatic heterocycles. The minimum absolute atomic E-state index is 0.00647. The van der Waals surface area contributed by atoms with Crippen molar-refractivity contribution in [2.75, 3.05) is 24.6 Å². The summed E-state index contributed by atoms with van der Waals surface area (Å²) in [5.41, 5.74) is 0.880. The molecule has 1 fully saturated rings. The number of H-pyrrole nitrogens is 1. The molecule has 0 atom stereocenters. The summed E-state index contributed by atoms with van der Waals surface area (Å²) in [6.45, 7) is 0.406. The van der Waals surface area contributed by atoms with Gasteiger partial charge in [0.1, 0.15) is 4.90 Å². The van der Waals surface area contributed by atoms with E-state index in [1.807, 2.05) is 0 Å². The predicted octanol–water partition coefficient (Wildman–Crippen LogP) is -0.203. The van der Waals surface area contributed by atoms with E-state index in [1.165, 1.54) is 12.1 Å². The minimum atomic E-state index is -4.52. The number of allylic oxidation sites excluding steroid dienone is 1. The molecule has 1 aromatic heterocycles. The molecule has 1 aromatic carbocycles. The Balaban J connectivity index is 2.01. The molecule has 164 valence electrons. The Morgan fingerprint density at radius 1 is 1.17 bits per heavy atom. The molecule has 4 rings (SSSR count). The van der Waals surface area contributed by atoms with Crippen LogP contribution >= 0.6 is 10.6 Å². The second-order valence-electron chi connectivity index (χ2n) is 7.07. The third-order valence-corrected chi connectivity index (χ3v) is 9.95. The zero-order valence-corrected chi connectivity index (χ0v) is 18.0. The molecule has 6 N–H and O–H groups in total. The number of rotatable bonds is 5. The first-order valence-electron chi connectivity index (χ1n) is 8.82. The van der Waals surface area contributed by atoms with Gasteiger partial charge in [-0.1, -0.05) is 12.1 Å². The Bertz CT molecular complexity index is 1220. The van der Waals surface area contributed by atoms with E-state index in [9.17, 15) is 25.9 Å². The summed E-state index contributed by atoms with van der Waals surface area (Å²) in [6.07, 6.45) is 1.84. The van der Waals surface area contributed by atoms with Crippen LogP contribution in [-0.2, 0) is 19.9 Å². The number of tetrazole rings is 1. The summed E-state index contributed by atoms with van der Waals surface area (Å²) in [5, 5.41) is 20.9. The molecule has 0 spiro atoms. The van der Waals surface area contributed by atoms with Gasteiger partial charge in [0.2, 0.25) is 15.8 Å². The van der Waals surface area contributed by atoms with Gasteiger partial charge in [0.25, 0.3) is 0 Å². The number of nitrogens with zero attached hydrogens (tertiary/aromatic N) is 3. The van der Waals surface area contributed by atoms with Crippen LogP contribution in [0.3, 0.4) is 0 Å². The van der Waals surface area contributed by atoms with E-state index >= 15 is 0 Å². The average Bonchev–Trinajstić information content (AvgIpc) is 3.12. The Morgan fingerprint density at radius 3 is 2.40 bits per heavy atom. The summed E-state index contributed by atoms with van der Waals surface area (Å²) in [5.74, 6) is -0.0221. The maximum absolute atomic E-state index is 13.1. The smallest absolute Gasteiger partial charge is 0.240 e. The Morgan fingerprint density at radius 2 is 1.90 bits per heavy atom. The van der Waals surface area contributed by atoms with Gasteiger partial charge in [-0.15, -0.1) is 10.2 Å². The lowest BCUT2D eigenvalue weighted by Gasteiger charge is -2.35. The van der Waals surface area contributed by atoms with E-state index in [0.29, 0.717) is 11.1 Å². The zero-order chi connectivity index (χ0) is 21.7. The maximum atomic E-state index is 13.1. The molecule has 1 saturated heterocycles. The molecular weight excluding hydrogens is 456 g/mol. The Hall–Kier alpha value is -1.88. The van der Waals surface area contributed by atoms with Crippen LogP contribution in [0.1, 0.15) is 12.0 Å². The van der Waals surface area contributed by atoms with Crippen molar-refractivity contribution in [2.24, 2.45) is 5.14 Å². The van der Waals surface area contributed by atoms with Crippen molar-refractivity contribution in [3.8, 4) is 11.4 Å². The van der Waals surface area contributed by atoms with E-state index in [-0.39, 0.29) is 42.4 Å². The van der Waals surface area contributed by atoms with Crippen LogP contribution in [0.4, 0.5) is 0 Å². The summed E-state index contributed by atoms with van der Waals surface area (Å²) < 4.78 is 71.1. The number of sulfonamides is 1. The number of aromatic amines is 1. The van der Waals surface area contributed by atoms with Gasteiger partial charge in [-0.25, -0.2) is 22.0 Å². The number of aromatic nitrogens is 4. The molecular formula is C15H20N6O6S3. The molecule has 0 radical (unpaired) electrons. The molecule has 0 amide bonds.